The molecule has 2 heterocycles. The monoisotopic (exact) mass is 270 g/mol. The van der Waals surface area contributed by atoms with E-state index in [1.165, 1.54) is 10.6 Å². The molecule has 0 saturated carbocycles. The summed E-state index contributed by atoms with van der Waals surface area (Å²) in [6.45, 7) is 1.51. The van der Waals surface area contributed by atoms with E-state index in [0.717, 1.165) is 11.0 Å². The van der Waals surface area contributed by atoms with E-state index in [1.807, 2.05) is 6.07 Å². The van der Waals surface area contributed by atoms with Gasteiger partial charge >= 0.3 is 0 Å². The minimum atomic E-state index is 0.597. The van der Waals surface area contributed by atoms with E-state index in [9.17, 15) is 0 Å². The highest BCUT2D eigenvalue weighted by Gasteiger charge is 2.01. The molecule has 0 spiro atoms. The first-order valence-electron chi connectivity index (χ1n) is 4.36. The fourth-order valence-electron chi connectivity index (χ4n) is 1.39. The fourth-order valence-corrected chi connectivity index (χ4v) is 2.84. The van der Waals surface area contributed by atoms with Gasteiger partial charge in [0.1, 0.15) is 0 Å². The van der Waals surface area contributed by atoms with Crippen molar-refractivity contribution in [2.24, 2.45) is 5.73 Å². The summed E-state index contributed by atoms with van der Waals surface area (Å²) in [5.74, 6) is 0. The lowest BCUT2D eigenvalue weighted by Crippen LogP contribution is -2.06. The third-order valence-electron chi connectivity index (χ3n) is 2.08. The molecule has 0 aliphatic heterocycles. The third kappa shape index (κ3) is 2.08. The minimum Gasteiger partial charge on any atom is -0.345 e. The molecule has 74 valence electrons. The molecule has 0 bridgehead atoms. The summed E-state index contributed by atoms with van der Waals surface area (Å²) in [4.78, 5) is 1.34. The average molecular weight is 271 g/mol. The second kappa shape index (κ2) is 4.29. The molecule has 2 aromatic rings. The van der Waals surface area contributed by atoms with Gasteiger partial charge < -0.3 is 10.3 Å². The first-order valence-corrected chi connectivity index (χ1v) is 6.04. The van der Waals surface area contributed by atoms with Crippen molar-refractivity contribution >= 4 is 27.3 Å². The van der Waals surface area contributed by atoms with Crippen LogP contribution in [0.1, 0.15) is 10.6 Å². The highest BCUT2D eigenvalue weighted by molar-refractivity contribution is 9.10. The zero-order chi connectivity index (χ0) is 9.97. The molecule has 0 atom stereocenters. The van der Waals surface area contributed by atoms with E-state index in [-0.39, 0.29) is 0 Å². The van der Waals surface area contributed by atoms with E-state index < -0.39 is 0 Å². The molecule has 0 amide bonds. The molecule has 4 heteroatoms. The molecule has 2 rings (SSSR count). The van der Waals surface area contributed by atoms with Gasteiger partial charge in [0, 0.05) is 33.2 Å². The van der Waals surface area contributed by atoms with Crippen LogP contribution < -0.4 is 5.73 Å². The standard InChI is InChI=1S/C10H11BrN2S/c11-8-4-10(14-7-8)6-13-3-1-2-9(13)5-12/h1-4,7H,5-6,12H2. The first kappa shape index (κ1) is 9.96. The Kier molecular flexibility index (Phi) is 3.05. The Morgan fingerprint density at radius 2 is 2.36 bits per heavy atom. The maximum atomic E-state index is 5.63. The Labute approximate surface area is 95.5 Å². The van der Waals surface area contributed by atoms with E-state index in [2.05, 4.69) is 44.2 Å². The van der Waals surface area contributed by atoms with Gasteiger partial charge in [0.2, 0.25) is 0 Å². The number of halogens is 1. The zero-order valence-electron chi connectivity index (χ0n) is 7.61. The summed E-state index contributed by atoms with van der Waals surface area (Å²) in [5, 5.41) is 2.10. The molecule has 0 fully saturated rings. The van der Waals surface area contributed by atoms with E-state index in [4.69, 9.17) is 5.73 Å². The molecular formula is C10H11BrN2S. The summed E-state index contributed by atoms with van der Waals surface area (Å²) in [7, 11) is 0. The molecule has 0 radical (unpaired) electrons. The number of hydrogen-bond donors (Lipinski definition) is 1. The van der Waals surface area contributed by atoms with E-state index >= 15 is 0 Å². The maximum Gasteiger partial charge on any atom is 0.0567 e. The van der Waals surface area contributed by atoms with Gasteiger partial charge in [-0.15, -0.1) is 11.3 Å². The van der Waals surface area contributed by atoms with E-state index in [1.54, 1.807) is 11.3 Å². The quantitative estimate of drug-likeness (QED) is 0.914. The van der Waals surface area contributed by atoms with Crippen LogP contribution in [-0.4, -0.2) is 4.57 Å². The van der Waals surface area contributed by atoms with Crippen molar-refractivity contribution in [1.82, 2.24) is 4.57 Å². The van der Waals surface area contributed by atoms with Gasteiger partial charge in [-0.25, -0.2) is 0 Å². The van der Waals surface area contributed by atoms with Crippen molar-refractivity contribution in [3.63, 3.8) is 0 Å². The van der Waals surface area contributed by atoms with Crippen molar-refractivity contribution in [3.8, 4) is 0 Å². The van der Waals surface area contributed by atoms with Gasteiger partial charge in [-0.2, -0.15) is 0 Å². The SMILES string of the molecule is NCc1cccn1Cc1cc(Br)cs1. The summed E-state index contributed by atoms with van der Waals surface area (Å²) in [6.07, 6.45) is 2.07. The molecule has 2 nitrogen and oxygen atoms in total. The van der Waals surface area contributed by atoms with Crippen LogP contribution in [0.2, 0.25) is 0 Å². The lowest BCUT2D eigenvalue weighted by Gasteiger charge is -2.05. The molecule has 0 unspecified atom stereocenters. The van der Waals surface area contributed by atoms with Crippen LogP contribution >= 0.6 is 27.3 Å². The summed E-state index contributed by atoms with van der Waals surface area (Å²) in [5.41, 5.74) is 6.80. The number of nitrogens with zero attached hydrogens (tertiary/aromatic N) is 1. The molecule has 2 aromatic heterocycles. The number of aromatic nitrogens is 1. The van der Waals surface area contributed by atoms with Crippen LogP contribution in [0, 0.1) is 0 Å². The zero-order valence-corrected chi connectivity index (χ0v) is 10.0. The Morgan fingerprint density at radius 1 is 1.50 bits per heavy atom. The normalized spacial score (nSPS) is 10.7. The Bertz CT molecular complexity index is 419. The van der Waals surface area contributed by atoms with E-state index in [0.29, 0.717) is 6.54 Å². The van der Waals surface area contributed by atoms with Crippen molar-refractivity contribution in [3.05, 3.63) is 44.8 Å². The summed E-state index contributed by atoms with van der Waals surface area (Å²) >= 11 is 5.21. The number of rotatable bonds is 3. The lowest BCUT2D eigenvalue weighted by molar-refractivity contribution is 0.752. The van der Waals surface area contributed by atoms with Gasteiger partial charge in [-0.1, -0.05) is 0 Å². The Balaban J connectivity index is 2.18. The predicted molar refractivity (Wildman–Crippen MR) is 63.4 cm³/mol. The predicted octanol–water partition coefficient (Wildman–Crippen LogP) is 2.82. The number of nitrogens with two attached hydrogens (primary N) is 1. The molecule has 14 heavy (non-hydrogen) atoms. The Hall–Kier alpha value is -0.580. The van der Waals surface area contributed by atoms with Crippen LogP contribution in [0.3, 0.4) is 0 Å². The van der Waals surface area contributed by atoms with Crippen LogP contribution in [0.5, 0.6) is 0 Å². The topological polar surface area (TPSA) is 30.9 Å². The van der Waals surface area contributed by atoms with Gasteiger partial charge in [0.15, 0.2) is 0 Å². The van der Waals surface area contributed by atoms with Gasteiger partial charge in [0.05, 0.1) is 6.54 Å². The molecule has 2 N–H and O–H groups in total. The number of thiophene rings is 1. The van der Waals surface area contributed by atoms with Crippen molar-refractivity contribution in [2.45, 2.75) is 13.1 Å². The van der Waals surface area contributed by atoms with Gasteiger partial charge in [0.25, 0.3) is 0 Å². The summed E-state index contributed by atoms with van der Waals surface area (Å²) < 4.78 is 3.33. The Morgan fingerprint density at radius 3 is 3.00 bits per heavy atom. The van der Waals surface area contributed by atoms with Crippen molar-refractivity contribution in [2.75, 3.05) is 0 Å². The minimum absolute atomic E-state index is 0.597. The van der Waals surface area contributed by atoms with Crippen LogP contribution in [0.25, 0.3) is 0 Å². The van der Waals surface area contributed by atoms with Gasteiger partial charge in [-0.05, 0) is 34.1 Å². The maximum absolute atomic E-state index is 5.63. The summed E-state index contributed by atoms with van der Waals surface area (Å²) in [6, 6.07) is 6.23. The fraction of sp³-hybridized carbons (Fsp3) is 0.200. The molecule has 0 aliphatic rings. The van der Waals surface area contributed by atoms with Crippen molar-refractivity contribution in [1.29, 1.82) is 0 Å². The second-order valence-corrected chi connectivity index (χ2v) is 4.97. The average Bonchev–Trinajstić information content (AvgIpc) is 2.76. The smallest absolute Gasteiger partial charge is 0.0567 e. The first-order chi connectivity index (χ1) is 6.79. The third-order valence-corrected chi connectivity index (χ3v) is 3.76. The van der Waals surface area contributed by atoms with Crippen molar-refractivity contribution < 1.29 is 0 Å². The second-order valence-electron chi connectivity index (χ2n) is 3.06. The molecule has 0 saturated heterocycles. The largest absolute Gasteiger partial charge is 0.345 e. The molecular weight excluding hydrogens is 260 g/mol. The van der Waals surface area contributed by atoms with Crippen LogP contribution in [0.4, 0.5) is 0 Å². The highest BCUT2D eigenvalue weighted by Crippen LogP contribution is 2.21. The number of hydrogen-bond acceptors (Lipinski definition) is 2. The lowest BCUT2D eigenvalue weighted by atomic mass is 10.4. The highest BCUT2D eigenvalue weighted by atomic mass is 79.9. The van der Waals surface area contributed by atoms with Crippen LogP contribution in [0.15, 0.2) is 34.2 Å². The van der Waals surface area contributed by atoms with Crippen LogP contribution in [-0.2, 0) is 13.1 Å². The van der Waals surface area contributed by atoms with Gasteiger partial charge in [-0.3, -0.25) is 0 Å². The molecule has 0 aromatic carbocycles. The molecule has 0 aliphatic carbocycles.